The summed E-state index contributed by atoms with van der Waals surface area (Å²) in [5.41, 5.74) is 3.53. The summed E-state index contributed by atoms with van der Waals surface area (Å²) in [4.78, 5) is 10.7. The van der Waals surface area contributed by atoms with E-state index < -0.39 is 0 Å². The third-order valence-electron chi connectivity index (χ3n) is 3.48. The normalized spacial score (nSPS) is 12.6. The fourth-order valence-corrected chi connectivity index (χ4v) is 3.32. The molecule has 2 aromatic rings. The van der Waals surface area contributed by atoms with Gasteiger partial charge in [0, 0.05) is 29.2 Å². The molecule has 0 fully saturated rings. The molecule has 0 bridgehead atoms. The molecule has 108 valence electrons. The molecule has 2 aromatic heterocycles. The molecule has 0 aromatic carbocycles. The molecule has 0 aliphatic heterocycles. The molecule has 0 aliphatic carbocycles. The summed E-state index contributed by atoms with van der Waals surface area (Å²) in [6.45, 7) is 10.5. The van der Waals surface area contributed by atoms with Gasteiger partial charge < -0.3 is 5.32 Å². The topological polar surface area (TPSA) is 37.8 Å². The average molecular weight is 289 g/mol. The molecular weight excluding hydrogens is 266 g/mol. The van der Waals surface area contributed by atoms with Gasteiger partial charge in [0.25, 0.3) is 0 Å². The van der Waals surface area contributed by atoms with Crippen molar-refractivity contribution in [2.75, 3.05) is 13.1 Å². The fourth-order valence-electron chi connectivity index (χ4n) is 2.62. The molecule has 2 heterocycles. The molecular formula is C16H23N3S. The minimum atomic E-state index is 0.450. The number of nitrogens with one attached hydrogen (secondary N) is 1. The van der Waals surface area contributed by atoms with Gasteiger partial charge in [-0.05, 0) is 43.3 Å². The summed E-state index contributed by atoms with van der Waals surface area (Å²) in [5, 5.41) is 5.50. The van der Waals surface area contributed by atoms with E-state index in [0.717, 1.165) is 36.7 Å². The Morgan fingerprint density at radius 2 is 1.95 bits per heavy atom. The van der Waals surface area contributed by atoms with E-state index in [1.165, 1.54) is 10.4 Å². The Balaban J connectivity index is 2.20. The second-order valence-electron chi connectivity index (χ2n) is 5.19. The van der Waals surface area contributed by atoms with E-state index in [-0.39, 0.29) is 0 Å². The van der Waals surface area contributed by atoms with Crippen LogP contribution in [-0.4, -0.2) is 23.1 Å². The summed E-state index contributed by atoms with van der Waals surface area (Å²) in [7, 11) is 0. The van der Waals surface area contributed by atoms with Crippen molar-refractivity contribution in [3.8, 4) is 0 Å². The highest BCUT2D eigenvalue weighted by Crippen LogP contribution is 2.22. The van der Waals surface area contributed by atoms with Crippen molar-refractivity contribution in [1.29, 1.82) is 0 Å². The number of aromatic nitrogens is 2. The Kier molecular flexibility index (Phi) is 5.26. The maximum absolute atomic E-state index is 4.71. The van der Waals surface area contributed by atoms with Gasteiger partial charge in [-0.1, -0.05) is 19.9 Å². The first-order valence-corrected chi connectivity index (χ1v) is 8.06. The second kappa shape index (κ2) is 6.95. The molecule has 0 radical (unpaired) electrons. The third kappa shape index (κ3) is 3.64. The van der Waals surface area contributed by atoms with Crippen LogP contribution in [0.25, 0.3) is 0 Å². The van der Waals surface area contributed by atoms with Crippen LogP contribution in [0.3, 0.4) is 0 Å². The minimum Gasteiger partial charge on any atom is -0.316 e. The number of thiophene rings is 1. The Bertz CT molecular complexity index is 526. The van der Waals surface area contributed by atoms with Gasteiger partial charge in [-0.25, -0.2) is 9.97 Å². The first-order valence-electron chi connectivity index (χ1n) is 7.19. The molecule has 0 saturated heterocycles. The van der Waals surface area contributed by atoms with E-state index in [1.807, 2.05) is 0 Å². The minimum absolute atomic E-state index is 0.450. The molecule has 0 amide bonds. The lowest BCUT2D eigenvalue weighted by Gasteiger charge is -2.17. The summed E-state index contributed by atoms with van der Waals surface area (Å²) in [6.07, 6.45) is 0.835. The molecule has 0 saturated carbocycles. The van der Waals surface area contributed by atoms with Gasteiger partial charge in [-0.15, -0.1) is 11.3 Å². The van der Waals surface area contributed by atoms with Gasteiger partial charge in [0.2, 0.25) is 0 Å². The van der Waals surface area contributed by atoms with Crippen LogP contribution in [0, 0.1) is 13.8 Å². The Labute approximate surface area is 125 Å². The number of rotatable bonds is 6. The van der Waals surface area contributed by atoms with E-state index in [9.17, 15) is 0 Å². The van der Waals surface area contributed by atoms with E-state index in [2.05, 4.69) is 50.5 Å². The molecule has 1 unspecified atom stereocenters. The van der Waals surface area contributed by atoms with Crippen LogP contribution in [0.2, 0.25) is 0 Å². The summed E-state index contributed by atoms with van der Waals surface area (Å²) < 4.78 is 0. The van der Waals surface area contributed by atoms with Crippen molar-refractivity contribution in [3.05, 3.63) is 45.2 Å². The van der Waals surface area contributed by atoms with E-state index >= 15 is 0 Å². The Morgan fingerprint density at radius 3 is 2.50 bits per heavy atom. The number of hydrogen-bond acceptors (Lipinski definition) is 4. The van der Waals surface area contributed by atoms with E-state index in [4.69, 9.17) is 9.97 Å². The highest BCUT2D eigenvalue weighted by Gasteiger charge is 2.15. The maximum atomic E-state index is 4.71. The van der Waals surface area contributed by atoms with Crippen molar-refractivity contribution in [1.82, 2.24) is 15.3 Å². The molecule has 2 rings (SSSR count). The smallest absolute Gasteiger partial charge is 0.134 e. The molecule has 20 heavy (non-hydrogen) atoms. The van der Waals surface area contributed by atoms with E-state index in [0.29, 0.717) is 5.92 Å². The number of aryl methyl sites for hydroxylation is 2. The van der Waals surface area contributed by atoms with Crippen molar-refractivity contribution >= 4 is 11.3 Å². The largest absolute Gasteiger partial charge is 0.316 e. The SMILES string of the molecule is CCNCC(C)c1c(C)nc(Cc2cccs2)nc1C. The predicted molar refractivity (Wildman–Crippen MR) is 85.6 cm³/mol. The second-order valence-corrected chi connectivity index (χ2v) is 6.22. The number of nitrogens with zero attached hydrogens (tertiary/aromatic N) is 2. The van der Waals surface area contributed by atoms with Crippen LogP contribution in [0.1, 0.15) is 47.4 Å². The lowest BCUT2D eigenvalue weighted by atomic mass is 9.98. The standard InChI is InChI=1S/C16H23N3S/c1-5-17-10-11(2)16-12(3)18-15(19-13(16)4)9-14-7-6-8-20-14/h6-8,11,17H,5,9-10H2,1-4H3. The Hall–Kier alpha value is -1.26. The number of likely N-dealkylation sites (N-methyl/N-ethyl adjacent to an activating group) is 1. The summed E-state index contributed by atoms with van der Waals surface area (Å²) in [6, 6.07) is 4.22. The van der Waals surface area contributed by atoms with Gasteiger partial charge in [0.1, 0.15) is 5.82 Å². The first kappa shape index (κ1) is 15.1. The van der Waals surface area contributed by atoms with Gasteiger partial charge in [-0.2, -0.15) is 0 Å². The molecule has 4 heteroatoms. The maximum Gasteiger partial charge on any atom is 0.134 e. The highest BCUT2D eigenvalue weighted by atomic mass is 32.1. The summed E-state index contributed by atoms with van der Waals surface area (Å²) in [5.74, 6) is 1.38. The van der Waals surface area contributed by atoms with Crippen LogP contribution < -0.4 is 5.32 Å². The molecule has 0 spiro atoms. The lowest BCUT2D eigenvalue weighted by molar-refractivity contribution is 0.622. The monoisotopic (exact) mass is 289 g/mol. The summed E-state index contributed by atoms with van der Waals surface area (Å²) >= 11 is 1.76. The molecule has 3 nitrogen and oxygen atoms in total. The number of hydrogen-bond donors (Lipinski definition) is 1. The highest BCUT2D eigenvalue weighted by molar-refractivity contribution is 7.09. The van der Waals surface area contributed by atoms with Crippen LogP contribution in [-0.2, 0) is 6.42 Å². The van der Waals surface area contributed by atoms with E-state index in [1.54, 1.807) is 11.3 Å². The van der Waals surface area contributed by atoms with Crippen molar-refractivity contribution < 1.29 is 0 Å². The molecule has 1 N–H and O–H groups in total. The Morgan fingerprint density at radius 1 is 1.25 bits per heavy atom. The molecule has 1 atom stereocenters. The fraction of sp³-hybridized carbons (Fsp3) is 0.500. The van der Waals surface area contributed by atoms with Gasteiger partial charge in [0.05, 0.1) is 0 Å². The van der Waals surface area contributed by atoms with Crippen molar-refractivity contribution in [2.45, 2.75) is 40.0 Å². The van der Waals surface area contributed by atoms with Crippen LogP contribution in [0.4, 0.5) is 0 Å². The molecule has 0 aliphatic rings. The third-order valence-corrected chi connectivity index (χ3v) is 4.36. The van der Waals surface area contributed by atoms with Crippen molar-refractivity contribution in [3.63, 3.8) is 0 Å². The zero-order chi connectivity index (χ0) is 14.5. The van der Waals surface area contributed by atoms with Gasteiger partial charge >= 0.3 is 0 Å². The van der Waals surface area contributed by atoms with Crippen molar-refractivity contribution in [2.24, 2.45) is 0 Å². The lowest BCUT2D eigenvalue weighted by Crippen LogP contribution is -2.21. The zero-order valence-electron chi connectivity index (χ0n) is 12.7. The first-order chi connectivity index (χ1) is 9.61. The van der Waals surface area contributed by atoms with Crippen LogP contribution in [0.5, 0.6) is 0 Å². The van der Waals surface area contributed by atoms with Crippen LogP contribution in [0.15, 0.2) is 17.5 Å². The van der Waals surface area contributed by atoms with Crippen LogP contribution >= 0.6 is 11.3 Å². The zero-order valence-corrected chi connectivity index (χ0v) is 13.5. The quantitative estimate of drug-likeness (QED) is 0.885. The predicted octanol–water partition coefficient (Wildman–Crippen LogP) is 3.46. The van der Waals surface area contributed by atoms with Gasteiger partial charge in [-0.3, -0.25) is 0 Å². The van der Waals surface area contributed by atoms with Gasteiger partial charge in [0.15, 0.2) is 0 Å². The average Bonchev–Trinajstić information content (AvgIpc) is 2.88.